The Morgan fingerprint density at radius 3 is 1.95 bits per heavy atom. The van der Waals surface area contributed by atoms with Crippen LogP contribution in [0.15, 0.2) is 35.9 Å². The third-order valence-electron chi connectivity index (χ3n) is 7.37. The average Bonchev–Trinajstić information content (AvgIpc) is 3.06. The van der Waals surface area contributed by atoms with E-state index in [1.54, 1.807) is 5.57 Å². The largest absolute Gasteiger partial charge is 0.299 e. The molecule has 5 aliphatic carbocycles. The Hall–Kier alpha value is -1.37. The second-order valence-electron chi connectivity index (χ2n) is 7.66. The first-order valence-electron chi connectivity index (χ1n) is 8.15. The van der Waals surface area contributed by atoms with Gasteiger partial charge >= 0.3 is 0 Å². The summed E-state index contributed by atoms with van der Waals surface area (Å²) in [6.07, 6.45) is 4.85. The Kier molecular flexibility index (Phi) is 1.61. The van der Waals surface area contributed by atoms with E-state index in [1.165, 1.54) is 18.4 Å². The zero-order valence-electron chi connectivity index (χ0n) is 11.4. The first-order valence-corrected chi connectivity index (χ1v) is 8.15. The normalized spacial score (nSPS) is 54.8. The van der Waals surface area contributed by atoms with Gasteiger partial charge in [-0.25, -0.2) is 0 Å². The van der Waals surface area contributed by atoms with Gasteiger partial charge in [-0.15, -0.1) is 0 Å². The highest BCUT2D eigenvalue weighted by Crippen LogP contribution is 2.80. The highest BCUT2D eigenvalue weighted by atomic mass is 16.1. The van der Waals surface area contributed by atoms with Crippen LogP contribution in [0.25, 0.3) is 6.08 Å². The van der Waals surface area contributed by atoms with Crippen molar-refractivity contribution in [2.45, 2.75) is 12.8 Å². The number of hydrogen-bond donors (Lipinski definition) is 0. The van der Waals surface area contributed by atoms with E-state index < -0.39 is 0 Å². The summed E-state index contributed by atoms with van der Waals surface area (Å²) in [6.45, 7) is 0. The monoisotopic (exact) mass is 262 g/mol. The number of benzene rings is 1. The summed E-state index contributed by atoms with van der Waals surface area (Å²) in [6, 6.07) is 10.8. The maximum Gasteiger partial charge on any atom is 0.139 e. The summed E-state index contributed by atoms with van der Waals surface area (Å²) in [4.78, 5) is 12.5. The predicted octanol–water partition coefficient (Wildman–Crippen LogP) is 3.42. The van der Waals surface area contributed by atoms with Crippen LogP contribution in [-0.2, 0) is 4.79 Å². The Morgan fingerprint density at radius 1 is 0.800 bits per heavy atom. The average molecular weight is 262 g/mol. The second-order valence-corrected chi connectivity index (χ2v) is 7.66. The molecule has 8 atom stereocenters. The highest BCUT2D eigenvalue weighted by molar-refractivity contribution is 5.89. The van der Waals surface area contributed by atoms with Gasteiger partial charge in [-0.05, 0) is 53.9 Å². The van der Waals surface area contributed by atoms with E-state index in [-0.39, 0.29) is 0 Å². The lowest BCUT2D eigenvalue weighted by molar-refractivity contribution is -0.124. The minimum atomic E-state index is 0.455. The van der Waals surface area contributed by atoms with Gasteiger partial charge < -0.3 is 0 Å². The van der Waals surface area contributed by atoms with Gasteiger partial charge in [0.05, 0.1) is 0 Å². The van der Waals surface area contributed by atoms with E-state index in [0.717, 1.165) is 35.5 Å². The Morgan fingerprint density at radius 2 is 1.35 bits per heavy atom. The molecule has 0 bridgehead atoms. The van der Waals surface area contributed by atoms with Gasteiger partial charge in [0.15, 0.2) is 0 Å². The van der Waals surface area contributed by atoms with Crippen molar-refractivity contribution in [1.82, 2.24) is 0 Å². The molecule has 1 heteroatoms. The molecule has 0 saturated heterocycles. The zero-order valence-corrected chi connectivity index (χ0v) is 11.4. The molecule has 0 aliphatic heterocycles. The van der Waals surface area contributed by atoms with Gasteiger partial charge in [-0.2, -0.15) is 0 Å². The molecular formula is C19H18O. The molecule has 0 amide bonds. The molecule has 1 nitrogen and oxygen atoms in total. The fraction of sp³-hybridized carbons (Fsp3) is 0.526. The first kappa shape index (κ1) is 10.4. The zero-order chi connectivity index (χ0) is 13.0. The Bertz CT molecular complexity index is 624. The van der Waals surface area contributed by atoms with Crippen LogP contribution in [-0.4, -0.2) is 5.78 Å². The van der Waals surface area contributed by atoms with Crippen LogP contribution >= 0.6 is 0 Å². The van der Waals surface area contributed by atoms with Crippen molar-refractivity contribution in [1.29, 1.82) is 0 Å². The van der Waals surface area contributed by atoms with Crippen LogP contribution in [0.5, 0.6) is 0 Å². The van der Waals surface area contributed by atoms with Crippen LogP contribution < -0.4 is 0 Å². The van der Waals surface area contributed by atoms with Crippen molar-refractivity contribution in [3.63, 3.8) is 0 Å². The maximum absolute atomic E-state index is 12.5. The quantitative estimate of drug-likeness (QED) is 0.758. The van der Waals surface area contributed by atoms with Crippen molar-refractivity contribution in [2.24, 2.45) is 47.3 Å². The van der Waals surface area contributed by atoms with Crippen LogP contribution in [0.1, 0.15) is 18.4 Å². The fourth-order valence-electron chi connectivity index (χ4n) is 7.04. The molecule has 0 N–H and O–H groups in total. The molecule has 0 unspecified atom stereocenters. The van der Waals surface area contributed by atoms with E-state index in [2.05, 4.69) is 36.4 Å². The van der Waals surface area contributed by atoms with Gasteiger partial charge in [-0.3, -0.25) is 4.79 Å². The Balaban J connectivity index is 1.51. The van der Waals surface area contributed by atoms with Crippen molar-refractivity contribution in [3.05, 3.63) is 41.5 Å². The fourth-order valence-corrected chi connectivity index (χ4v) is 7.04. The molecule has 1 aromatic carbocycles. The third kappa shape index (κ3) is 0.915. The molecule has 5 fully saturated rings. The lowest BCUT2D eigenvalue weighted by atomic mass is 9.60. The molecule has 0 spiro atoms. The van der Waals surface area contributed by atoms with Crippen molar-refractivity contribution >= 4 is 11.9 Å². The summed E-state index contributed by atoms with van der Waals surface area (Å²) >= 11 is 0. The molecule has 1 aromatic rings. The van der Waals surface area contributed by atoms with Gasteiger partial charge in [0, 0.05) is 11.8 Å². The maximum atomic E-state index is 12.5. The summed E-state index contributed by atoms with van der Waals surface area (Å²) in [5, 5.41) is 0. The van der Waals surface area contributed by atoms with Gasteiger partial charge in [0.25, 0.3) is 0 Å². The van der Waals surface area contributed by atoms with E-state index >= 15 is 0 Å². The number of allylic oxidation sites excluding steroid dienone is 1. The molecule has 6 rings (SSSR count). The summed E-state index contributed by atoms with van der Waals surface area (Å²) in [5.74, 6) is 6.46. The van der Waals surface area contributed by atoms with E-state index in [9.17, 15) is 4.79 Å². The SMILES string of the molecule is O=C1[C@@H]2C[C@H]3C(=Cc4ccccc4)[C@H]4C[C@@H]1[C@H]1[C@@H]4[C@H]3[C@@H]12. The smallest absolute Gasteiger partial charge is 0.139 e. The van der Waals surface area contributed by atoms with E-state index in [4.69, 9.17) is 0 Å². The van der Waals surface area contributed by atoms with Crippen molar-refractivity contribution in [3.8, 4) is 0 Å². The summed E-state index contributed by atoms with van der Waals surface area (Å²) in [5.41, 5.74) is 3.08. The first-order chi connectivity index (χ1) is 9.84. The lowest BCUT2D eigenvalue weighted by Crippen LogP contribution is -2.41. The molecule has 0 radical (unpaired) electrons. The van der Waals surface area contributed by atoms with Crippen LogP contribution in [0.4, 0.5) is 0 Å². The molecule has 0 heterocycles. The van der Waals surface area contributed by atoms with Crippen molar-refractivity contribution < 1.29 is 4.79 Å². The summed E-state index contributed by atoms with van der Waals surface area (Å²) < 4.78 is 0. The van der Waals surface area contributed by atoms with Crippen LogP contribution in [0, 0.1) is 47.3 Å². The number of carbonyl (C=O) groups is 1. The van der Waals surface area contributed by atoms with Crippen LogP contribution in [0.3, 0.4) is 0 Å². The van der Waals surface area contributed by atoms with Crippen LogP contribution in [0.2, 0.25) is 0 Å². The Labute approximate surface area is 119 Å². The molecule has 5 aliphatic rings. The van der Waals surface area contributed by atoms with Gasteiger partial charge in [-0.1, -0.05) is 42.0 Å². The standard InChI is InChI=1S/C19H18O/c20-19-13-7-11-10(6-9-4-2-1-3-5-9)12-8-14(19)18-16(12)15(11)17(13)18/h1-6,11-18H,7-8H2/t11-,12+,13-,14-,15+,16+,17+,18+/m1/s1. The van der Waals surface area contributed by atoms with E-state index in [0.29, 0.717) is 17.6 Å². The number of hydrogen-bond acceptors (Lipinski definition) is 1. The highest BCUT2D eigenvalue weighted by Gasteiger charge is 2.78. The van der Waals surface area contributed by atoms with Gasteiger partial charge in [0.2, 0.25) is 0 Å². The molecule has 20 heavy (non-hydrogen) atoms. The number of ketones is 1. The molecule has 5 saturated carbocycles. The topological polar surface area (TPSA) is 17.1 Å². The predicted molar refractivity (Wildman–Crippen MR) is 76.6 cm³/mol. The second kappa shape index (κ2) is 3.10. The lowest BCUT2D eigenvalue weighted by Gasteiger charge is -2.43. The minimum absolute atomic E-state index is 0.455. The molecular weight excluding hydrogens is 244 g/mol. The number of carbonyl (C=O) groups excluding carboxylic acids is 1. The third-order valence-corrected chi connectivity index (χ3v) is 7.37. The molecule has 100 valence electrons. The minimum Gasteiger partial charge on any atom is -0.299 e. The number of rotatable bonds is 1. The van der Waals surface area contributed by atoms with E-state index in [1.807, 2.05) is 0 Å². The summed E-state index contributed by atoms with van der Waals surface area (Å²) in [7, 11) is 0. The van der Waals surface area contributed by atoms with Crippen molar-refractivity contribution in [2.75, 3.05) is 0 Å². The molecule has 0 aromatic heterocycles. The number of Topliss-reactive ketones (excluding diaryl/α,β-unsaturated/α-hetero) is 1. The van der Waals surface area contributed by atoms with Gasteiger partial charge in [0.1, 0.15) is 5.78 Å².